The van der Waals surface area contributed by atoms with Gasteiger partial charge in [0.25, 0.3) is 0 Å². The van der Waals surface area contributed by atoms with E-state index in [1.165, 1.54) is 14.2 Å². The number of benzene rings is 1. The van der Waals surface area contributed by atoms with Crippen LogP contribution in [0.4, 0.5) is 0 Å². The Labute approximate surface area is 89.7 Å². The van der Waals surface area contributed by atoms with Crippen LogP contribution >= 0.6 is 7.60 Å². The Morgan fingerprint density at radius 2 is 1.73 bits per heavy atom. The zero-order chi connectivity index (χ0) is 11.1. The van der Waals surface area contributed by atoms with E-state index in [1.807, 2.05) is 30.3 Å². The first-order valence-electron chi connectivity index (χ1n) is 4.52. The largest absolute Gasteiger partial charge is 0.364 e. The molecule has 1 rings (SSSR count). The van der Waals surface area contributed by atoms with Gasteiger partial charge in [0.05, 0.1) is 6.61 Å². The van der Waals surface area contributed by atoms with E-state index >= 15 is 0 Å². The van der Waals surface area contributed by atoms with Crippen molar-refractivity contribution in [2.75, 3.05) is 20.6 Å². The molecule has 0 aromatic heterocycles. The van der Waals surface area contributed by atoms with E-state index < -0.39 is 7.60 Å². The van der Waals surface area contributed by atoms with Crippen LogP contribution in [0.25, 0.3) is 0 Å². The maximum absolute atomic E-state index is 11.6. The fraction of sp³-hybridized carbons (Fsp3) is 0.400. The second-order valence-corrected chi connectivity index (χ2v) is 5.15. The van der Waals surface area contributed by atoms with E-state index in [-0.39, 0.29) is 6.35 Å². The smallest absolute Gasteiger partial charge is 0.355 e. The Kier molecular flexibility index (Phi) is 4.99. The van der Waals surface area contributed by atoms with Crippen LogP contribution in [-0.4, -0.2) is 20.6 Å². The molecular weight excluding hydrogens is 215 g/mol. The van der Waals surface area contributed by atoms with Crippen molar-refractivity contribution >= 4 is 7.60 Å². The zero-order valence-electron chi connectivity index (χ0n) is 8.88. The first-order chi connectivity index (χ1) is 7.20. The first-order valence-corrected chi connectivity index (χ1v) is 6.25. The predicted octanol–water partition coefficient (Wildman–Crippen LogP) is 2.65. The Morgan fingerprint density at radius 3 is 2.27 bits per heavy atom. The van der Waals surface area contributed by atoms with Crippen LogP contribution in [0.2, 0.25) is 0 Å². The summed E-state index contributed by atoms with van der Waals surface area (Å²) < 4.78 is 26.3. The fourth-order valence-electron chi connectivity index (χ4n) is 1.03. The van der Waals surface area contributed by atoms with Crippen molar-refractivity contribution in [2.45, 2.75) is 6.61 Å². The fourth-order valence-corrected chi connectivity index (χ4v) is 1.70. The molecule has 15 heavy (non-hydrogen) atoms. The van der Waals surface area contributed by atoms with E-state index in [0.717, 1.165) is 5.56 Å². The maximum Gasteiger partial charge on any atom is 0.355 e. The highest BCUT2D eigenvalue weighted by atomic mass is 31.2. The summed E-state index contributed by atoms with van der Waals surface area (Å²) in [6.07, 6.45) is -0.0328. The second kappa shape index (κ2) is 6.03. The van der Waals surface area contributed by atoms with E-state index in [0.29, 0.717) is 6.61 Å². The normalized spacial score (nSPS) is 11.6. The molecule has 0 fully saturated rings. The molecule has 5 heteroatoms. The molecule has 0 amide bonds. The Balaban J connectivity index is 2.36. The molecule has 4 nitrogen and oxygen atoms in total. The van der Waals surface area contributed by atoms with Crippen LogP contribution in [0, 0.1) is 0 Å². The summed E-state index contributed by atoms with van der Waals surface area (Å²) in [5.74, 6) is 0. The molecular formula is C10H15O4P. The Bertz CT molecular complexity index is 317. The monoisotopic (exact) mass is 230 g/mol. The molecule has 0 heterocycles. The topological polar surface area (TPSA) is 44.8 Å². The summed E-state index contributed by atoms with van der Waals surface area (Å²) in [4.78, 5) is 0. The molecule has 1 aromatic rings. The minimum Gasteiger partial charge on any atom is -0.364 e. The lowest BCUT2D eigenvalue weighted by Gasteiger charge is -2.13. The quantitative estimate of drug-likeness (QED) is 0.705. The van der Waals surface area contributed by atoms with E-state index in [1.54, 1.807) is 0 Å². The molecule has 0 unspecified atom stereocenters. The predicted molar refractivity (Wildman–Crippen MR) is 57.7 cm³/mol. The molecule has 1 aromatic carbocycles. The third kappa shape index (κ3) is 4.14. The molecule has 0 atom stereocenters. The SMILES string of the molecule is COP(=O)(COCc1ccccc1)OC. The molecule has 0 N–H and O–H groups in total. The number of hydrogen-bond acceptors (Lipinski definition) is 4. The van der Waals surface area contributed by atoms with Crippen LogP contribution in [0.15, 0.2) is 30.3 Å². The van der Waals surface area contributed by atoms with Crippen LogP contribution in [0.3, 0.4) is 0 Å². The van der Waals surface area contributed by atoms with Crippen molar-refractivity contribution in [2.24, 2.45) is 0 Å². The average molecular weight is 230 g/mol. The van der Waals surface area contributed by atoms with Crippen LogP contribution in [0.5, 0.6) is 0 Å². The Hall–Kier alpha value is -0.670. The molecule has 0 aliphatic carbocycles. The van der Waals surface area contributed by atoms with Crippen molar-refractivity contribution in [1.29, 1.82) is 0 Å². The van der Waals surface area contributed by atoms with Crippen molar-refractivity contribution < 1.29 is 18.3 Å². The first kappa shape index (κ1) is 12.4. The van der Waals surface area contributed by atoms with Crippen LogP contribution in [-0.2, 0) is 25.0 Å². The van der Waals surface area contributed by atoms with Gasteiger partial charge in [0, 0.05) is 14.2 Å². The van der Waals surface area contributed by atoms with Gasteiger partial charge in [-0.05, 0) is 5.56 Å². The van der Waals surface area contributed by atoms with Gasteiger partial charge in [0.15, 0.2) is 0 Å². The molecule has 0 bridgehead atoms. The van der Waals surface area contributed by atoms with Crippen LogP contribution in [0.1, 0.15) is 5.56 Å². The highest BCUT2D eigenvalue weighted by Gasteiger charge is 2.20. The van der Waals surface area contributed by atoms with Gasteiger partial charge in [-0.25, -0.2) is 0 Å². The lowest BCUT2D eigenvalue weighted by atomic mass is 10.2. The molecule has 0 aliphatic heterocycles. The van der Waals surface area contributed by atoms with Gasteiger partial charge in [0.1, 0.15) is 6.35 Å². The third-order valence-corrected chi connectivity index (χ3v) is 3.53. The summed E-state index contributed by atoms with van der Waals surface area (Å²) in [6, 6.07) is 9.64. The standard InChI is InChI=1S/C10H15O4P/c1-12-15(11,13-2)9-14-8-10-6-4-3-5-7-10/h3-7H,8-9H2,1-2H3. The summed E-state index contributed by atoms with van der Waals surface area (Å²) in [7, 11) is -0.354. The highest BCUT2D eigenvalue weighted by Crippen LogP contribution is 2.46. The van der Waals surface area contributed by atoms with Crippen molar-refractivity contribution in [1.82, 2.24) is 0 Å². The molecule has 0 saturated heterocycles. The van der Waals surface area contributed by atoms with E-state index in [9.17, 15) is 4.57 Å². The maximum atomic E-state index is 11.6. The van der Waals surface area contributed by atoms with Gasteiger partial charge < -0.3 is 13.8 Å². The van der Waals surface area contributed by atoms with Crippen LogP contribution < -0.4 is 0 Å². The summed E-state index contributed by atoms with van der Waals surface area (Å²) in [5.41, 5.74) is 1.02. The summed E-state index contributed by atoms with van der Waals surface area (Å²) >= 11 is 0. The van der Waals surface area contributed by atoms with E-state index in [2.05, 4.69) is 0 Å². The van der Waals surface area contributed by atoms with Crippen molar-refractivity contribution in [3.8, 4) is 0 Å². The number of rotatable bonds is 6. The van der Waals surface area contributed by atoms with Gasteiger partial charge in [-0.2, -0.15) is 0 Å². The minimum absolute atomic E-state index is 0.0328. The van der Waals surface area contributed by atoms with Crippen molar-refractivity contribution in [3.63, 3.8) is 0 Å². The molecule has 0 radical (unpaired) electrons. The number of hydrogen-bond donors (Lipinski definition) is 0. The lowest BCUT2D eigenvalue weighted by Crippen LogP contribution is -2.00. The Morgan fingerprint density at radius 1 is 1.13 bits per heavy atom. The van der Waals surface area contributed by atoms with Gasteiger partial charge in [-0.15, -0.1) is 0 Å². The van der Waals surface area contributed by atoms with E-state index in [4.69, 9.17) is 13.8 Å². The summed E-state index contributed by atoms with van der Waals surface area (Å²) in [5, 5.41) is 0. The molecule has 0 saturated carbocycles. The van der Waals surface area contributed by atoms with Crippen molar-refractivity contribution in [3.05, 3.63) is 35.9 Å². The molecule has 0 spiro atoms. The molecule has 0 aliphatic rings. The highest BCUT2D eigenvalue weighted by molar-refractivity contribution is 7.53. The van der Waals surface area contributed by atoms with Gasteiger partial charge in [-0.1, -0.05) is 30.3 Å². The van der Waals surface area contributed by atoms with Gasteiger partial charge in [-0.3, -0.25) is 4.57 Å². The average Bonchev–Trinajstić information content (AvgIpc) is 2.30. The summed E-state index contributed by atoms with van der Waals surface area (Å²) in [6.45, 7) is 0.400. The lowest BCUT2D eigenvalue weighted by molar-refractivity contribution is 0.134. The minimum atomic E-state index is -3.04. The second-order valence-electron chi connectivity index (χ2n) is 2.94. The number of ether oxygens (including phenoxy) is 1. The van der Waals surface area contributed by atoms with Gasteiger partial charge in [0.2, 0.25) is 0 Å². The molecule has 84 valence electrons. The van der Waals surface area contributed by atoms with Gasteiger partial charge >= 0.3 is 7.60 Å². The third-order valence-electron chi connectivity index (χ3n) is 1.92. The zero-order valence-corrected chi connectivity index (χ0v) is 9.78.